The number of thiazole rings is 1. The highest BCUT2D eigenvalue weighted by Crippen LogP contribution is 2.33. The Hall–Kier alpha value is -4.30. The molecule has 2 aromatic carbocycles. The summed E-state index contributed by atoms with van der Waals surface area (Å²) in [5.41, 5.74) is 7.64. The molecule has 202 valence electrons. The van der Waals surface area contributed by atoms with Crippen molar-refractivity contribution in [3.8, 4) is 11.3 Å². The van der Waals surface area contributed by atoms with E-state index in [1.807, 2.05) is 24.3 Å². The van der Waals surface area contributed by atoms with Gasteiger partial charge in [-0.05, 0) is 29.7 Å². The maximum absolute atomic E-state index is 11.7. The van der Waals surface area contributed by atoms with E-state index in [0.717, 1.165) is 33.6 Å². The minimum absolute atomic E-state index is 0.210. The first-order valence-corrected chi connectivity index (χ1v) is 13.7. The third kappa shape index (κ3) is 10.4. The van der Waals surface area contributed by atoms with E-state index in [1.165, 1.54) is 24.5 Å². The number of nitrogens with two attached hydrogens (primary N) is 1. The van der Waals surface area contributed by atoms with Crippen molar-refractivity contribution in [2.75, 3.05) is 18.1 Å². The number of hydrogen-bond acceptors (Lipinski definition) is 7. The van der Waals surface area contributed by atoms with Crippen LogP contribution in [0.25, 0.3) is 11.3 Å². The average molecular weight is 562 g/mol. The minimum Gasteiger partial charge on any atom is -0.465 e. The molecule has 0 atom stereocenters. The van der Waals surface area contributed by atoms with Crippen LogP contribution in [0.5, 0.6) is 0 Å². The Morgan fingerprint density at radius 2 is 1.63 bits per heavy atom. The van der Waals surface area contributed by atoms with Crippen molar-refractivity contribution in [3.63, 3.8) is 0 Å². The molecule has 0 spiro atoms. The molecule has 0 bridgehead atoms. The van der Waals surface area contributed by atoms with Crippen molar-refractivity contribution in [2.45, 2.75) is 24.7 Å². The molecule has 0 saturated carbocycles. The van der Waals surface area contributed by atoms with E-state index >= 15 is 0 Å². The molecule has 0 unspecified atom stereocenters. The summed E-state index contributed by atoms with van der Waals surface area (Å²) in [5.74, 6) is -0.210. The largest absolute Gasteiger partial charge is 0.465 e. The number of carboxylic acid groups (broad SMARTS) is 2. The van der Waals surface area contributed by atoms with Gasteiger partial charge in [0.15, 0.2) is 15.0 Å². The molecule has 3 rings (SSSR count). The second-order valence-corrected chi connectivity index (χ2v) is 10.9. The number of anilines is 1. The summed E-state index contributed by atoms with van der Waals surface area (Å²) in [6.45, 7) is 1.96. The Balaban J connectivity index is 0.00000118. The van der Waals surface area contributed by atoms with Crippen LogP contribution < -0.4 is 16.4 Å². The first kappa shape index (κ1) is 29.9. The summed E-state index contributed by atoms with van der Waals surface area (Å²) >= 11 is 1.38. The number of rotatable bonds is 9. The molecule has 0 aliphatic carbocycles. The van der Waals surface area contributed by atoms with Crippen molar-refractivity contribution in [1.29, 1.82) is 0 Å². The number of carbonyl (C=O) groups excluding carboxylic acids is 1. The zero-order valence-corrected chi connectivity index (χ0v) is 22.2. The molecular formula is C24H27N5O7S2. The van der Waals surface area contributed by atoms with Gasteiger partial charge in [0.1, 0.15) is 0 Å². The Bertz CT molecular complexity index is 1400. The predicted molar refractivity (Wildman–Crippen MR) is 145 cm³/mol. The van der Waals surface area contributed by atoms with Gasteiger partial charge in [0.05, 0.1) is 16.9 Å². The Kier molecular flexibility index (Phi) is 10.9. The molecule has 14 heteroatoms. The normalized spacial score (nSPS) is 10.9. The molecule has 0 radical (unpaired) electrons. The minimum atomic E-state index is -3.27. The van der Waals surface area contributed by atoms with E-state index in [-0.39, 0.29) is 10.8 Å². The second kappa shape index (κ2) is 13.9. The summed E-state index contributed by atoms with van der Waals surface area (Å²) in [5, 5.41) is 21.7. The number of nitrogens with one attached hydrogen (secondary N) is 2. The van der Waals surface area contributed by atoms with Crippen LogP contribution in [0.2, 0.25) is 0 Å². The fourth-order valence-corrected chi connectivity index (χ4v) is 4.85. The predicted octanol–water partition coefficient (Wildman–Crippen LogP) is 3.22. The van der Waals surface area contributed by atoms with Crippen LogP contribution in [0.3, 0.4) is 0 Å². The van der Waals surface area contributed by atoms with E-state index in [2.05, 4.69) is 26.3 Å². The van der Waals surface area contributed by atoms with Crippen LogP contribution >= 0.6 is 11.3 Å². The zero-order valence-electron chi connectivity index (χ0n) is 20.5. The molecule has 0 saturated heterocycles. The van der Waals surface area contributed by atoms with E-state index in [1.54, 1.807) is 24.3 Å². The van der Waals surface area contributed by atoms with Gasteiger partial charge >= 0.3 is 12.2 Å². The van der Waals surface area contributed by atoms with Gasteiger partial charge in [0.2, 0.25) is 5.91 Å². The van der Waals surface area contributed by atoms with Gasteiger partial charge < -0.3 is 26.6 Å². The molecule has 1 aromatic heterocycles. The second-order valence-electron chi connectivity index (χ2n) is 7.84. The summed E-state index contributed by atoms with van der Waals surface area (Å²) in [4.78, 5) is 39.7. The summed E-state index contributed by atoms with van der Waals surface area (Å²) in [6, 6.07) is 14.6. The standard InChI is InChI=1S/C23H24N4O5S2.CH3NO2/c1-15(28)26-22-27-21(18-7-3-16(4-8-18)11-12-24-14-25-23(29)30)20(33-22)13-17-5-9-19(10-6-17)34(2,31)32;2-1(3)4/h3-10,14H,11-13H2,1-2H3,(H,24,25)(H,29,30)(H,26,27,28);2H2,(H,3,4). The molecular weight excluding hydrogens is 534 g/mol. The number of sulfone groups is 1. The molecule has 6 N–H and O–H groups in total. The highest BCUT2D eigenvalue weighted by atomic mass is 32.2. The molecule has 3 amide bonds. The lowest BCUT2D eigenvalue weighted by atomic mass is 10.0. The molecule has 0 aliphatic heterocycles. The van der Waals surface area contributed by atoms with Gasteiger partial charge in [-0.3, -0.25) is 4.79 Å². The van der Waals surface area contributed by atoms with Gasteiger partial charge in [-0.15, -0.1) is 11.3 Å². The van der Waals surface area contributed by atoms with Crippen molar-refractivity contribution in [3.05, 3.63) is 64.5 Å². The highest BCUT2D eigenvalue weighted by Gasteiger charge is 2.15. The number of amides is 3. The molecule has 0 fully saturated rings. The lowest BCUT2D eigenvalue weighted by Crippen LogP contribution is -2.15. The third-order valence-corrected chi connectivity index (χ3v) is 6.85. The van der Waals surface area contributed by atoms with Gasteiger partial charge in [-0.1, -0.05) is 36.4 Å². The van der Waals surface area contributed by atoms with E-state index in [9.17, 15) is 18.0 Å². The van der Waals surface area contributed by atoms with Crippen LogP contribution in [0.4, 0.5) is 14.7 Å². The van der Waals surface area contributed by atoms with Crippen LogP contribution in [-0.2, 0) is 27.5 Å². The van der Waals surface area contributed by atoms with Gasteiger partial charge in [-0.25, -0.2) is 23.0 Å². The first-order valence-electron chi connectivity index (χ1n) is 11.0. The van der Waals surface area contributed by atoms with Crippen LogP contribution in [0.15, 0.2) is 58.4 Å². The van der Waals surface area contributed by atoms with E-state index < -0.39 is 22.0 Å². The fraction of sp³-hybridized carbons (Fsp3) is 0.208. The van der Waals surface area contributed by atoms with Gasteiger partial charge in [0, 0.05) is 36.6 Å². The van der Waals surface area contributed by atoms with Crippen LogP contribution in [-0.4, -0.2) is 60.8 Å². The quantitative estimate of drug-likeness (QED) is 0.148. The number of nitrogens with zero attached hydrogens (tertiary/aromatic N) is 2. The number of benzene rings is 2. The van der Waals surface area contributed by atoms with Gasteiger partial charge in [-0.2, -0.15) is 4.99 Å². The Morgan fingerprint density at radius 3 is 2.16 bits per heavy atom. The van der Waals surface area contributed by atoms with Crippen molar-refractivity contribution in [1.82, 2.24) is 10.3 Å². The van der Waals surface area contributed by atoms with E-state index in [4.69, 9.17) is 15.0 Å². The summed E-state index contributed by atoms with van der Waals surface area (Å²) in [6.07, 6.45) is 0.961. The monoisotopic (exact) mass is 561 g/mol. The number of aliphatic imine (C=N–C) groups is 1. The molecule has 3 aromatic rings. The average Bonchev–Trinajstić information content (AvgIpc) is 3.19. The number of aromatic nitrogens is 1. The zero-order chi connectivity index (χ0) is 28.3. The molecule has 12 nitrogen and oxygen atoms in total. The van der Waals surface area contributed by atoms with Crippen molar-refractivity contribution < 1.29 is 33.0 Å². The molecule has 1 heterocycles. The Labute approximate surface area is 223 Å². The Morgan fingerprint density at radius 1 is 1.05 bits per heavy atom. The maximum Gasteiger partial charge on any atom is 0.432 e. The lowest BCUT2D eigenvalue weighted by molar-refractivity contribution is -0.114. The highest BCUT2D eigenvalue weighted by molar-refractivity contribution is 7.90. The maximum atomic E-state index is 11.7. The fourth-order valence-electron chi connectivity index (χ4n) is 3.15. The SMILES string of the molecule is CC(=O)Nc1nc(-c2ccc(CCNC=NC(=O)O)cc2)c(Cc2ccc(S(C)(=O)=O)cc2)s1.NC(=O)O. The smallest absolute Gasteiger partial charge is 0.432 e. The van der Waals surface area contributed by atoms with Gasteiger partial charge in [0.25, 0.3) is 0 Å². The van der Waals surface area contributed by atoms with Crippen molar-refractivity contribution >= 4 is 50.7 Å². The third-order valence-electron chi connectivity index (χ3n) is 4.75. The number of carbonyl (C=O) groups is 3. The first-order chi connectivity index (χ1) is 17.8. The number of hydrogen-bond donors (Lipinski definition) is 5. The number of primary amides is 1. The van der Waals surface area contributed by atoms with Crippen LogP contribution in [0.1, 0.15) is 22.9 Å². The molecule has 0 aliphatic rings. The van der Waals surface area contributed by atoms with Crippen molar-refractivity contribution in [2.24, 2.45) is 10.7 Å². The topological polar surface area (TPSA) is 201 Å². The summed E-state index contributed by atoms with van der Waals surface area (Å²) < 4.78 is 23.4. The summed E-state index contributed by atoms with van der Waals surface area (Å²) in [7, 11) is -3.27. The van der Waals surface area contributed by atoms with E-state index in [0.29, 0.717) is 24.5 Å². The molecule has 38 heavy (non-hydrogen) atoms. The lowest BCUT2D eigenvalue weighted by Gasteiger charge is -2.06. The van der Waals surface area contributed by atoms with Crippen LogP contribution in [0, 0.1) is 0 Å².